The van der Waals surface area contributed by atoms with Crippen molar-refractivity contribution in [1.29, 1.82) is 0 Å². The maximum absolute atomic E-state index is 11.4. The van der Waals surface area contributed by atoms with Gasteiger partial charge in [0.25, 0.3) is 0 Å². The Morgan fingerprint density at radius 3 is 2.88 bits per heavy atom. The molecule has 7 heteroatoms. The van der Waals surface area contributed by atoms with Gasteiger partial charge in [-0.05, 0) is 26.3 Å². The third kappa shape index (κ3) is 2.93. The highest BCUT2D eigenvalue weighted by atomic mass is 16.5. The topological polar surface area (TPSA) is 109 Å². The first kappa shape index (κ1) is 12.4. The fourth-order valence-corrected chi connectivity index (χ4v) is 1.24. The summed E-state index contributed by atoms with van der Waals surface area (Å²) in [6.45, 7) is 3.24. The number of anilines is 1. The summed E-state index contributed by atoms with van der Waals surface area (Å²) in [6, 6.07) is 0. The second-order valence-corrected chi connectivity index (χ2v) is 3.26. The lowest BCUT2D eigenvalue weighted by Crippen LogP contribution is -2.11. The number of carbonyl (C=O) groups excluding carboxylic acids is 1. The van der Waals surface area contributed by atoms with E-state index in [0.29, 0.717) is 13.1 Å². The molecule has 16 heavy (non-hydrogen) atoms. The van der Waals surface area contributed by atoms with Crippen LogP contribution >= 0.6 is 0 Å². The lowest BCUT2D eigenvalue weighted by molar-refractivity contribution is 0.0520. The zero-order valence-corrected chi connectivity index (χ0v) is 9.35. The smallest absolute Gasteiger partial charge is 0.362 e. The standard InChI is InChI=1S/C9H17N5O2/c1-2-16-9(15)7-8(11)14(13-12-7)6-4-3-5-10/h2-6,10-11H2,1H3. The molecule has 4 N–H and O–H groups in total. The van der Waals surface area contributed by atoms with Gasteiger partial charge in [-0.2, -0.15) is 0 Å². The third-order valence-electron chi connectivity index (χ3n) is 2.07. The first-order valence-corrected chi connectivity index (χ1v) is 5.26. The molecule has 90 valence electrons. The molecule has 0 fully saturated rings. The van der Waals surface area contributed by atoms with Crippen molar-refractivity contribution in [2.45, 2.75) is 26.3 Å². The monoisotopic (exact) mass is 227 g/mol. The van der Waals surface area contributed by atoms with Gasteiger partial charge in [0.1, 0.15) is 0 Å². The summed E-state index contributed by atoms with van der Waals surface area (Å²) in [7, 11) is 0. The number of hydrogen-bond acceptors (Lipinski definition) is 6. The average Bonchev–Trinajstić information content (AvgIpc) is 2.61. The van der Waals surface area contributed by atoms with E-state index in [0.717, 1.165) is 12.8 Å². The van der Waals surface area contributed by atoms with Gasteiger partial charge in [0.15, 0.2) is 5.82 Å². The Morgan fingerprint density at radius 1 is 1.50 bits per heavy atom. The SMILES string of the molecule is CCOC(=O)c1nnn(CCCCN)c1N. The summed E-state index contributed by atoms with van der Waals surface area (Å²) in [5, 5.41) is 7.49. The second kappa shape index (κ2) is 6.06. The van der Waals surface area contributed by atoms with Gasteiger partial charge in [-0.25, -0.2) is 9.48 Å². The molecule has 0 radical (unpaired) electrons. The number of nitrogens with two attached hydrogens (primary N) is 2. The summed E-state index contributed by atoms with van der Waals surface area (Å²) in [4.78, 5) is 11.4. The van der Waals surface area contributed by atoms with Crippen molar-refractivity contribution in [3.8, 4) is 0 Å². The van der Waals surface area contributed by atoms with Crippen LogP contribution in [0.2, 0.25) is 0 Å². The molecule has 0 bridgehead atoms. The number of nitrogens with zero attached hydrogens (tertiary/aromatic N) is 3. The van der Waals surface area contributed by atoms with E-state index in [1.54, 1.807) is 6.92 Å². The van der Waals surface area contributed by atoms with Gasteiger partial charge in [-0.15, -0.1) is 5.10 Å². The maximum Gasteiger partial charge on any atom is 0.362 e. The van der Waals surface area contributed by atoms with Crippen molar-refractivity contribution in [2.75, 3.05) is 18.9 Å². The van der Waals surface area contributed by atoms with Gasteiger partial charge in [0.2, 0.25) is 5.69 Å². The lowest BCUT2D eigenvalue weighted by atomic mass is 10.3. The van der Waals surface area contributed by atoms with Crippen LogP contribution in [0.25, 0.3) is 0 Å². The molecule has 0 unspecified atom stereocenters. The van der Waals surface area contributed by atoms with Crippen molar-refractivity contribution in [1.82, 2.24) is 15.0 Å². The number of rotatable bonds is 6. The van der Waals surface area contributed by atoms with Crippen molar-refractivity contribution in [3.63, 3.8) is 0 Å². The minimum atomic E-state index is -0.537. The predicted octanol–water partition coefficient (Wildman–Crippen LogP) is -0.224. The first-order valence-electron chi connectivity index (χ1n) is 5.26. The first-order chi connectivity index (χ1) is 7.70. The van der Waals surface area contributed by atoms with E-state index in [1.807, 2.05) is 0 Å². The van der Waals surface area contributed by atoms with Crippen LogP contribution in [0.1, 0.15) is 30.3 Å². The summed E-state index contributed by atoms with van der Waals surface area (Å²) < 4.78 is 6.28. The molecule has 1 aromatic heterocycles. The van der Waals surface area contributed by atoms with Gasteiger partial charge >= 0.3 is 5.97 Å². The van der Waals surface area contributed by atoms with Crippen LogP contribution in [0.3, 0.4) is 0 Å². The van der Waals surface area contributed by atoms with Gasteiger partial charge in [0.05, 0.1) is 6.61 Å². The van der Waals surface area contributed by atoms with Crippen molar-refractivity contribution >= 4 is 11.8 Å². The van der Waals surface area contributed by atoms with Crippen LogP contribution in [0.5, 0.6) is 0 Å². The molecule has 0 aromatic carbocycles. The zero-order valence-electron chi connectivity index (χ0n) is 9.35. The Kier molecular flexibility index (Phi) is 4.71. The average molecular weight is 227 g/mol. The van der Waals surface area contributed by atoms with Gasteiger partial charge in [-0.3, -0.25) is 0 Å². The predicted molar refractivity (Wildman–Crippen MR) is 58.7 cm³/mol. The van der Waals surface area contributed by atoms with Crippen LogP contribution < -0.4 is 11.5 Å². The minimum absolute atomic E-state index is 0.0783. The van der Waals surface area contributed by atoms with Crippen LogP contribution in [0.15, 0.2) is 0 Å². The molecule has 0 amide bonds. The highest BCUT2D eigenvalue weighted by molar-refractivity contribution is 5.91. The molecule has 0 spiro atoms. The molecular weight excluding hydrogens is 210 g/mol. The molecule has 1 aromatic rings. The van der Waals surface area contributed by atoms with E-state index in [4.69, 9.17) is 16.2 Å². The molecule has 7 nitrogen and oxygen atoms in total. The van der Waals surface area contributed by atoms with Crippen molar-refractivity contribution in [2.24, 2.45) is 5.73 Å². The van der Waals surface area contributed by atoms with E-state index in [-0.39, 0.29) is 18.1 Å². The number of aromatic nitrogens is 3. The highest BCUT2D eigenvalue weighted by Crippen LogP contribution is 2.10. The molecule has 0 atom stereocenters. The number of ether oxygens (including phenoxy) is 1. The fraction of sp³-hybridized carbons (Fsp3) is 0.667. The molecule has 0 aliphatic carbocycles. The Balaban J connectivity index is 2.64. The Hall–Kier alpha value is -1.63. The molecule has 1 rings (SSSR count). The Labute approximate surface area is 93.7 Å². The third-order valence-corrected chi connectivity index (χ3v) is 2.07. The fourth-order valence-electron chi connectivity index (χ4n) is 1.24. The molecule has 0 aliphatic heterocycles. The molecule has 0 aliphatic rings. The normalized spacial score (nSPS) is 10.4. The summed E-state index contributed by atoms with van der Waals surface area (Å²) in [5.74, 6) is -0.291. The van der Waals surface area contributed by atoms with E-state index in [9.17, 15) is 4.79 Å². The number of unbranched alkanes of at least 4 members (excludes halogenated alkanes) is 1. The maximum atomic E-state index is 11.4. The molecule has 1 heterocycles. The van der Waals surface area contributed by atoms with Crippen LogP contribution in [0.4, 0.5) is 5.82 Å². The summed E-state index contributed by atoms with van der Waals surface area (Å²) in [6.07, 6.45) is 1.74. The number of esters is 1. The number of hydrogen-bond donors (Lipinski definition) is 2. The van der Waals surface area contributed by atoms with E-state index in [2.05, 4.69) is 10.3 Å². The number of aryl methyl sites for hydroxylation is 1. The van der Waals surface area contributed by atoms with Crippen molar-refractivity contribution in [3.05, 3.63) is 5.69 Å². The molecule has 0 saturated heterocycles. The number of carbonyl (C=O) groups is 1. The molecular formula is C9H17N5O2. The van der Waals surface area contributed by atoms with Crippen molar-refractivity contribution < 1.29 is 9.53 Å². The van der Waals surface area contributed by atoms with E-state index >= 15 is 0 Å². The summed E-state index contributed by atoms with van der Waals surface area (Å²) >= 11 is 0. The summed E-state index contributed by atoms with van der Waals surface area (Å²) in [5.41, 5.74) is 11.2. The Morgan fingerprint density at radius 2 is 2.25 bits per heavy atom. The van der Waals surface area contributed by atoms with Crippen LogP contribution in [0, 0.1) is 0 Å². The van der Waals surface area contributed by atoms with E-state index in [1.165, 1.54) is 4.68 Å². The minimum Gasteiger partial charge on any atom is -0.461 e. The number of nitrogen functional groups attached to an aromatic ring is 1. The zero-order chi connectivity index (χ0) is 12.0. The van der Waals surface area contributed by atoms with Gasteiger partial charge in [-0.1, -0.05) is 5.21 Å². The largest absolute Gasteiger partial charge is 0.461 e. The highest BCUT2D eigenvalue weighted by Gasteiger charge is 2.17. The van der Waals surface area contributed by atoms with Gasteiger partial charge < -0.3 is 16.2 Å². The van der Waals surface area contributed by atoms with E-state index < -0.39 is 5.97 Å². The van der Waals surface area contributed by atoms with Crippen LogP contribution in [-0.2, 0) is 11.3 Å². The van der Waals surface area contributed by atoms with Gasteiger partial charge in [0, 0.05) is 6.54 Å². The van der Waals surface area contributed by atoms with Crippen LogP contribution in [-0.4, -0.2) is 34.1 Å². The quantitative estimate of drug-likeness (QED) is 0.513. The molecule has 0 saturated carbocycles. The second-order valence-electron chi connectivity index (χ2n) is 3.26. The lowest BCUT2D eigenvalue weighted by Gasteiger charge is -2.02. The Bertz CT molecular complexity index is 350.